The number of benzene rings is 1. The van der Waals surface area contributed by atoms with E-state index in [0.29, 0.717) is 24.6 Å². The van der Waals surface area contributed by atoms with E-state index in [9.17, 15) is 13.2 Å². The Kier molecular flexibility index (Phi) is 6.87. The van der Waals surface area contributed by atoms with Crippen LogP contribution in [0.5, 0.6) is 5.75 Å². The number of hydrogen-bond donors (Lipinski definition) is 1. The fraction of sp³-hybridized carbons (Fsp3) is 0.562. The van der Waals surface area contributed by atoms with E-state index in [1.54, 1.807) is 6.92 Å². The van der Waals surface area contributed by atoms with Crippen molar-refractivity contribution in [3.05, 3.63) is 29.8 Å². The summed E-state index contributed by atoms with van der Waals surface area (Å²) in [6, 6.07) is 7.67. The molecule has 1 atom stereocenters. The van der Waals surface area contributed by atoms with Crippen molar-refractivity contribution in [3.63, 3.8) is 0 Å². The van der Waals surface area contributed by atoms with Crippen LogP contribution in [0.1, 0.15) is 38.7 Å². The second kappa shape index (κ2) is 8.17. The van der Waals surface area contributed by atoms with Gasteiger partial charge in [-0.1, -0.05) is 26.0 Å². The fourth-order valence-electron chi connectivity index (χ4n) is 1.89. The van der Waals surface area contributed by atoms with E-state index in [4.69, 9.17) is 4.74 Å². The number of ether oxygens (including phenoxy) is 1. The third-order valence-corrected chi connectivity index (χ3v) is 4.23. The lowest BCUT2D eigenvalue weighted by atomic mass is 10.0. The SMILES string of the molecule is CC(C)c1cccc(O[C@H](C)C(=O)NCCCS(C)(=O)=O)c1. The molecule has 1 N–H and O–H groups in total. The Bertz CT molecular complexity index is 596. The minimum absolute atomic E-state index is 0.0684. The van der Waals surface area contributed by atoms with Crippen LogP contribution in [0.15, 0.2) is 24.3 Å². The first-order chi connectivity index (χ1) is 10.2. The van der Waals surface area contributed by atoms with Crippen LogP contribution in [-0.2, 0) is 14.6 Å². The predicted molar refractivity (Wildman–Crippen MR) is 88.0 cm³/mol. The molecule has 22 heavy (non-hydrogen) atoms. The third kappa shape index (κ3) is 6.93. The van der Waals surface area contributed by atoms with Gasteiger partial charge in [0.1, 0.15) is 15.6 Å². The lowest BCUT2D eigenvalue weighted by Crippen LogP contribution is -2.37. The average Bonchev–Trinajstić information content (AvgIpc) is 2.42. The van der Waals surface area contributed by atoms with Gasteiger partial charge in [0.2, 0.25) is 0 Å². The van der Waals surface area contributed by atoms with Gasteiger partial charge in [-0.3, -0.25) is 4.79 Å². The zero-order valence-electron chi connectivity index (χ0n) is 13.6. The molecule has 124 valence electrons. The molecule has 0 bridgehead atoms. The molecule has 0 radical (unpaired) electrons. The number of nitrogens with one attached hydrogen (secondary N) is 1. The molecule has 0 aliphatic heterocycles. The second-order valence-corrected chi connectivity index (χ2v) is 8.02. The van der Waals surface area contributed by atoms with Crippen LogP contribution in [0.2, 0.25) is 0 Å². The van der Waals surface area contributed by atoms with E-state index in [-0.39, 0.29) is 11.7 Å². The Morgan fingerprint density at radius 3 is 2.55 bits per heavy atom. The fourth-order valence-corrected chi connectivity index (χ4v) is 2.56. The molecule has 6 heteroatoms. The molecule has 1 rings (SSSR count). The minimum Gasteiger partial charge on any atom is -0.481 e. The molecule has 0 aliphatic carbocycles. The lowest BCUT2D eigenvalue weighted by molar-refractivity contribution is -0.127. The van der Waals surface area contributed by atoms with Gasteiger partial charge in [-0.05, 0) is 37.0 Å². The Morgan fingerprint density at radius 2 is 1.95 bits per heavy atom. The molecule has 0 unspecified atom stereocenters. The molecule has 0 saturated heterocycles. The summed E-state index contributed by atoms with van der Waals surface area (Å²) in [5, 5.41) is 2.68. The summed E-state index contributed by atoms with van der Waals surface area (Å²) in [5.41, 5.74) is 1.15. The van der Waals surface area contributed by atoms with E-state index in [2.05, 4.69) is 19.2 Å². The highest BCUT2D eigenvalue weighted by Gasteiger charge is 2.14. The van der Waals surface area contributed by atoms with E-state index < -0.39 is 15.9 Å². The Balaban J connectivity index is 2.45. The van der Waals surface area contributed by atoms with Gasteiger partial charge in [0.05, 0.1) is 5.75 Å². The summed E-state index contributed by atoms with van der Waals surface area (Å²) in [6.45, 7) is 6.19. The van der Waals surface area contributed by atoms with E-state index in [1.807, 2.05) is 24.3 Å². The zero-order chi connectivity index (χ0) is 16.8. The van der Waals surface area contributed by atoms with Crippen molar-refractivity contribution >= 4 is 15.7 Å². The second-order valence-electron chi connectivity index (χ2n) is 5.76. The third-order valence-electron chi connectivity index (χ3n) is 3.20. The van der Waals surface area contributed by atoms with Gasteiger partial charge in [-0.15, -0.1) is 0 Å². The smallest absolute Gasteiger partial charge is 0.260 e. The van der Waals surface area contributed by atoms with Crippen molar-refractivity contribution in [2.45, 2.75) is 39.2 Å². The van der Waals surface area contributed by atoms with Gasteiger partial charge in [0.25, 0.3) is 5.91 Å². The van der Waals surface area contributed by atoms with E-state index >= 15 is 0 Å². The average molecular weight is 327 g/mol. The summed E-state index contributed by atoms with van der Waals surface area (Å²) in [6.07, 6.45) is 0.961. The van der Waals surface area contributed by atoms with E-state index in [0.717, 1.165) is 5.56 Å². The molecule has 0 aliphatic rings. The van der Waals surface area contributed by atoms with Crippen LogP contribution in [0.3, 0.4) is 0 Å². The normalized spacial score (nSPS) is 13.0. The number of rotatable bonds is 8. The highest BCUT2D eigenvalue weighted by atomic mass is 32.2. The number of hydrogen-bond acceptors (Lipinski definition) is 4. The molecular weight excluding hydrogens is 302 g/mol. The molecule has 0 heterocycles. The standard InChI is InChI=1S/C16H25NO4S/c1-12(2)14-7-5-8-15(11-14)21-13(3)16(18)17-9-6-10-22(4,19)20/h5,7-8,11-13H,6,9-10H2,1-4H3,(H,17,18)/t13-/m1/s1. The molecule has 0 aromatic heterocycles. The molecule has 1 aromatic rings. The van der Waals surface area contributed by atoms with Crippen molar-refractivity contribution in [1.29, 1.82) is 0 Å². The van der Waals surface area contributed by atoms with Crippen molar-refractivity contribution in [2.24, 2.45) is 0 Å². The Labute approximate surface area is 133 Å². The maximum atomic E-state index is 11.9. The monoisotopic (exact) mass is 327 g/mol. The van der Waals surface area contributed by atoms with Gasteiger partial charge < -0.3 is 10.1 Å². The summed E-state index contributed by atoms with van der Waals surface area (Å²) >= 11 is 0. The molecule has 0 saturated carbocycles. The summed E-state index contributed by atoms with van der Waals surface area (Å²) in [7, 11) is -2.99. The topological polar surface area (TPSA) is 72.5 Å². The summed E-state index contributed by atoms with van der Waals surface area (Å²) in [5.74, 6) is 0.871. The number of carbonyl (C=O) groups excluding carboxylic acids is 1. The molecule has 5 nitrogen and oxygen atoms in total. The van der Waals surface area contributed by atoms with Gasteiger partial charge in [0, 0.05) is 12.8 Å². The maximum Gasteiger partial charge on any atom is 0.260 e. The largest absolute Gasteiger partial charge is 0.481 e. The summed E-state index contributed by atoms with van der Waals surface area (Å²) < 4.78 is 27.6. The van der Waals surface area contributed by atoms with Crippen LogP contribution in [0.25, 0.3) is 0 Å². The molecular formula is C16H25NO4S. The first kappa shape index (κ1) is 18.5. The highest BCUT2D eigenvalue weighted by Crippen LogP contribution is 2.20. The Morgan fingerprint density at radius 1 is 1.27 bits per heavy atom. The van der Waals surface area contributed by atoms with Crippen LogP contribution >= 0.6 is 0 Å². The molecule has 0 fully saturated rings. The van der Waals surface area contributed by atoms with Crippen LogP contribution in [0, 0.1) is 0 Å². The summed E-state index contributed by atoms with van der Waals surface area (Å²) in [4.78, 5) is 11.9. The number of sulfone groups is 1. The van der Waals surface area contributed by atoms with Crippen molar-refractivity contribution in [3.8, 4) is 5.75 Å². The van der Waals surface area contributed by atoms with Gasteiger partial charge >= 0.3 is 0 Å². The zero-order valence-corrected chi connectivity index (χ0v) is 14.4. The predicted octanol–water partition coefficient (Wildman–Crippen LogP) is 2.13. The maximum absolute atomic E-state index is 11.9. The van der Waals surface area contributed by atoms with Crippen molar-refractivity contribution < 1.29 is 17.9 Å². The lowest BCUT2D eigenvalue weighted by Gasteiger charge is -2.16. The number of carbonyl (C=O) groups is 1. The molecule has 0 spiro atoms. The quantitative estimate of drug-likeness (QED) is 0.742. The van der Waals surface area contributed by atoms with Crippen LogP contribution in [0.4, 0.5) is 0 Å². The minimum atomic E-state index is -2.99. The van der Waals surface area contributed by atoms with Gasteiger partial charge in [0.15, 0.2) is 6.10 Å². The van der Waals surface area contributed by atoms with E-state index in [1.165, 1.54) is 6.26 Å². The van der Waals surface area contributed by atoms with Crippen molar-refractivity contribution in [2.75, 3.05) is 18.6 Å². The van der Waals surface area contributed by atoms with Crippen LogP contribution in [-0.4, -0.2) is 39.0 Å². The highest BCUT2D eigenvalue weighted by molar-refractivity contribution is 7.90. The van der Waals surface area contributed by atoms with Gasteiger partial charge in [-0.2, -0.15) is 0 Å². The molecule has 1 aromatic carbocycles. The number of amides is 1. The Hall–Kier alpha value is -1.56. The van der Waals surface area contributed by atoms with Gasteiger partial charge in [-0.25, -0.2) is 8.42 Å². The first-order valence-electron chi connectivity index (χ1n) is 7.41. The first-order valence-corrected chi connectivity index (χ1v) is 9.47. The van der Waals surface area contributed by atoms with Crippen LogP contribution < -0.4 is 10.1 Å². The molecule has 1 amide bonds. The van der Waals surface area contributed by atoms with Crippen molar-refractivity contribution in [1.82, 2.24) is 5.32 Å².